The van der Waals surface area contributed by atoms with E-state index in [1.165, 1.54) is 0 Å². The Balaban J connectivity index is 1.74. The van der Waals surface area contributed by atoms with Crippen LogP contribution in [-0.4, -0.2) is 4.98 Å². The van der Waals surface area contributed by atoms with Crippen molar-refractivity contribution in [3.05, 3.63) is 71.6 Å². The molecule has 2 aromatic rings. The van der Waals surface area contributed by atoms with Gasteiger partial charge in [0.25, 0.3) is 0 Å². The number of aromatic nitrogens is 1. The fourth-order valence-electron chi connectivity index (χ4n) is 2.85. The summed E-state index contributed by atoms with van der Waals surface area (Å²) >= 11 is 1.66. The molecule has 1 aliphatic heterocycles. The predicted octanol–water partition coefficient (Wildman–Crippen LogP) is 6.38. The Morgan fingerprint density at radius 2 is 1.88 bits per heavy atom. The summed E-state index contributed by atoms with van der Waals surface area (Å²) in [6.45, 7) is 7.06. The molecule has 0 unspecified atom stereocenters. The highest BCUT2D eigenvalue weighted by molar-refractivity contribution is 7.13. The van der Waals surface area contributed by atoms with Crippen molar-refractivity contribution in [1.82, 2.24) is 4.98 Å². The van der Waals surface area contributed by atoms with E-state index in [4.69, 9.17) is 14.1 Å². The third kappa shape index (κ3) is 3.25. The molecule has 0 radical (unpaired) electrons. The van der Waals surface area contributed by atoms with Crippen molar-refractivity contribution >= 4 is 11.3 Å². The molecule has 3 nitrogen and oxygen atoms in total. The Labute approximate surface area is 157 Å². The van der Waals surface area contributed by atoms with Gasteiger partial charge in [-0.1, -0.05) is 51.1 Å². The van der Waals surface area contributed by atoms with Crippen molar-refractivity contribution in [3.63, 3.8) is 0 Å². The second-order valence-electron chi connectivity index (χ2n) is 7.38. The highest BCUT2D eigenvalue weighted by atomic mass is 32.1. The van der Waals surface area contributed by atoms with Crippen LogP contribution < -0.4 is 4.74 Å². The molecule has 26 heavy (non-hydrogen) atoms. The Hall–Kier alpha value is -2.59. The largest absolute Gasteiger partial charge is 0.488 e. The summed E-state index contributed by atoms with van der Waals surface area (Å²) in [5, 5.41) is 3.12. The topological polar surface area (TPSA) is 35.3 Å². The van der Waals surface area contributed by atoms with E-state index in [0.29, 0.717) is 6.61 Å². The zero-order valence-corrected chi connectivity index (χ0v) is 16.0. The third-order valence-corrected chi connectivity index (χ3v) is 5.21. The van der Waals surface area contributed by atoms with Gasteiger partial charge in [0.05, 0.1) is 23.8 Å². The molecule has 1 aliphatic carbocycles. The fraction of sp³-hybridized carbons (Fsp3) is 0.227. The summed E-state index contributed by atoms with van der Waals surface area (Å²) < 4.78 is 11.6. The van der Waals surface area contributed by atoms with Crippen LogP contribution in [0.2, 0.25) is 0 Å². The van der Waals surface area contributed by atoms with E-state index in [0.717, 1.165) is 38.7 Å². The number of nitrogens with zero attached hydrogens (tertiary/aromatic N) is 1. The minimum absolute atomic E-state index is 0.0289. The smallest absolute Gasteiger partial charge is 0.138 e. The Morgan fingerprint density at radius 1 is 1.08 bits per heavy atom. The van der Waals surface area contributed by atoms with Gasteiger partial charge in [-0.3, -0.25) is 0 Å². The van der Waals surface area contributed by atoms with Crippen molar-refractivity contribution < 1.29 is 9.15 Å². The molecule has 1 aromatic carbocycles. The first-order valence-electron chi connectivity index (χ1n) is 8.64. The lowest BCUT2D eigenvalue weighted by molar-refractivity contribution is 0.309. The number of benzene rings is 1. The Kier molecular flexibility index (Phi) is 4.29. The molecular weight excluding hydrogens is 342 g/mol. The molecule has 4 rings (SSSR count). The Morgan fingerprint density at radius 3 is 2.62 bits per heavy atom. The van der Waals surface area contributed by atoms with Gasteiger partial charge >= 0.3 is 0 Å². The summed E-state index contributed by atoms with van der Waals surface area (Å²) in [7, 11) is 0. The molecule has 0 bridgehead atoms. The number of fused-ring (bicyclic) bond motifs is 1. The van der Waals surface area contributed by atoms with Crippen LogP contribution in [0, 0.1) is 0 Å². The average molecular weight is 363 g/mol. The van der Waals surface area contributed by atoms with Crippen molar-refractivity contribution in [3.8, 4) is 27.4 Å². The fourth-order valence-corrected chi connectivity index (χ4v) is 3.91. The maximum atomic E-state index is 6.25. The van der Waals surface area contributed by atoms with Gasteiger partial charge in [0, 0.05) is 21.9 Å². The molecule has 0 spiro atoms. The SMILES string of the molecule is CC(C)(C)c1csc(-c2cc3coccc-3c2OCc2ccccc2)n1. The second-order valence-corrected chi connectivity index (χ2v) is 8.23. The first-order valence-corrected chi connectivity index (χ1v) is 9.52. The minimum atomic E-state index is 0.0289. The molecule has 2 aliphatic rings. The van der Waals surface area contributed by atoms with Crippen LogP contribution in [0.15, 0.2) is 64.8 Å². The first kappa shape index (κ1) is 16.9. The van der Waals surface area contributed by atoms with Gasteiger partial charge in [-0.05, 0) is 17.7 Å². The number of hydrogen-bond donors (Lipinski definition) is 0. The van der Waals surface area contributed by atoms with Gasteiger partial charge in [0.15, 0.2) is 0 Å². The van der Waals surface area contributed by atoms with E-state index >= 15 is 0 Å². The normalized spacial score (nSPS) is 11.8. The van der Waals surface area contributed by atoms with Crippen molar-refractivity contribution in [2.24, 2.45) is 0 Å². The van der Waals surface area contributed by atoms with Crippen LogP contribution in [0.4, 0.5) is 0 Å². The van der Waals surface area contributed by atoms with E-state index < -0.39 is 0 Å². The van der Waals surface area contributed by atoms with Gasteiger partial charge in [0.1, 0.15) is 17.4 Å². The van der Waals surface area contributed by atoms with Gasteiger partial charge in [-0.2, -0.15) is 0 Å². The summed E-state index contributed by atoms with van der Waals surface area (Å²) in [5.74, 6) is 0.870. The van der Waals surface area contributed by atoms with E-state index in [1.54, 1.807) is 23.9 Å². The lowest BCUT2D eigenvalue weighted by Gasteiger charge is -2.14. The van der Waals surface area contributed by atoms with E-state index in [-0.39, 0.29) is 5.41 Å². The highest BCUT2D eigenvalue weighted by Crippen LogP contribution is 2.45. The summed E-state index contributed by atoms with van der Waals surface area (Å²) in [6, 6.07) is 14.3. The van der Waals surface area contributed by atoms with E-state index in [9.17, 15) is 0 Å². The maximum absolute atomic E-state index is 6.25. The lowest BCUT2D eigenvalue weighted by atomic mass is 9.93. The number of thiazole rings is 1. The van der Waals surface area contributed by atoms with Crippen LogP contribution in [0.25, 0.3) is 21.7 Å². The molecule has 132 valence electrons. The number of rotatable bonds is 4. The summed E-state index contributed by atoms with van der Waals surface area (Å²) in [6.07, 6.45) is 3.44. The van der Waals surface area contributed by atoms with Crippen LogP contribution >= 0.6 is 11.3 Å². The monoisotopic (exact) mass is 363 g/mol. The average Bonchev–Trinajstić information content (AvgIpc) is 3.25. The molecule has 0 N–H and O–H groups in total. The molecule has 2 heterocycles. The van der Waals surface area contributed by atoms with Crippen LogP contribution in [0.5, 0.6) is 5.75 Å². The predicted molar refractivity (Wildman–Crippen MR) is 106 cm³/mol. The minimum Gasteiger partial charge on any atom is -0.488 e. The summed E-state index contributed by atoms with van der Waals surface area (Å²) in [5.41, 5.74) is 5.37. The highest BCUT2D eigenvalue weighted by Gasteiger charge is 2.23. The molecule has 0 atom stereocenters. The first-order chi connectivity index (χ1) is 12.5. The van der Waals surface area contributed by atoms with Crippen LogP contribution in [0.1, 0.15) is 32.0 Å². The molecule has 4 heteroatoms. The van der Waals surface area contributed by atoms with Crippen molar-refractivity contribution in [2.75, 3.05) is 0 Å². The maximum Gasteiger partial charge on any atom is 0.138 e. The molecular formula is C22H21NO2S. The van der Waals surface area contributed by atoms with Crippen molar-refractivity contribution in [1.29, 1.82) is 0 Å². The molecule has 0 amide bonds. The van der Waals surface area contributed by atoms with E-state index in [1.807, 2.05) is 24.3 Å². The zero-order valence-electron chi connectivity index (χ0n) is 15.2. The molecule has 1 aromatic heterocycles. The second kappa shape index (κ2) is 6.61. The molecule has 0 saturated heterocycles. The van der Waals surface area contributed by atoms with Gasteiger partial charge in [-0.25, -0.2) is 4.98 Å². The molecule has 0 fully saturated rings. The van der Waals surface area contributed by atoms with Crippen LogP contribution in [0.3, 0.4) is 0 Å². The number of hydrogen-bond acceptors (Lipinski definition) is 4. The Bertz CT molecular complexity index is 979. The lowest BCUT2D eigenvalue weighted by Crippen LogP contribution is -2.11. The van der Waals surface area contributed by atoms with Gasteiger partial charge in [-0.15, -0.1) is 11.3 Å². The van der Waals surface area contributed by atoms with Gasteiger partial charge < -0.3 is 9.15 Å². The summed E-state index contributed by atoms with van der Waals surface area (Å²) in [4.78, 5) is 4.87. The standard InChI is InChI=1S/C22H21NO2S/c1-22(2,3)19-14-26-21(23-19)18-11-16-13-24-10-9-17(16)20(18)25-12-15-7-5-4-6-8-15/h4-11,13-14H,12H2,1-3H3. The third-order valence-electron chi connectivity index (χ3n) is 4.34. The van der Waals surface area contributed by atoms with Crippen LogP contribution in [-0.2, 0) is 12.0 Å². The quantitative estimate of drug-likeness (QED) is 0.422. The van der Waals surface area contributed by atoms with Crippen molar-refractivity contribution in [2.45, 2.75) is 32.8 Å². The van der Waals surface area contributed by atoms with E-state index in [2.05, 4.69) is 44.4 Å². The number of ether oxygens (including phenoxy) is 1. The van der Waals surface area contributed by atoms with Gasteiger partial charge in [0.2, 0.25) is 0 Å². The molecule has 0 saturated carbocycles. The zero-order chi connectivity index (χ0) is 18.1.